The maximum absolute atomic E-state index is 12.3. The molecule has 0 spiro atoms. The molecule has 0 radical (unpaired) electrons. The molecule has 3 aliphatic heterocycles. The molecule has 3 aliphatic rings. The van der Waals surface area contributed by atoms with E-state index in [1.165, 1.54) is 16.7 Å². The molecule has 2 fully saturated rings. The second-order valence-corrected chi connectivity index (χ2v) is 6.54. The summed E-state index contributed by atoms with van der Waals surface area (Å²) >= 11 is 1.08. The minimum Gasteiger partial charge on any atom is -0.477 e. The number of carbonyl (C=O) groups is 4. The van der Waals surface area contributed by atoms with E-state index in [2.05, 4.69) is 0 Å². The van der Waals surface area contributed by atoms with Crippen LogP contribution in [0.3, 0.4) is 0 Å². The van der Waals surface area contributed by atoms with Crippen molar-refractivity contribution in [1.82, 2.24) is 9.80 Å². The van der Waals surface area contributed by atoms with E-state index in [4.69, 9.17) is 5.73 Å². The number of rotatable bonds is 4. The van der Waals surface area contributed by atoms with Gasteiger partial charge in [-0.05, 0) is 6.42 Å². The lowest BCUT2D eigenvalue weighted by Crippen LogP contribution is -2.73. The number of primary amides is 1. The fourth-order valence-electron chi connectivity index (χ4n) is 3.53. The number of carboxylic acids is 1. The molecule has 3 amide bonds. The molecule has 0 aromatic carbocycles. The minimum atomic E-state index is -1.19. The molecule has 22 heavy (non-hydrogen) atoms. The number of carboxylic acid groups (broad SMARTS) is 1. The molecule has 9 heteroatoms. The SMILES string of the molecule is CC(=O)N1CCC2C(SCC(N)=O)=C(C(=O)O)N3C(=O)[C@@H]1[C@@H]23. The highest BCUT2D eigenvalue weighted by atomic mass is 32.2. The molecule has 3 N–H and O–H groups in total. The lowest BCUT2D eigenvalue weighted by Gasteiger charge is -2.53. The highest BCUT2D eigenvalue weighted by Gasteiger charge is 2.64. The van der Waals surface area contributed by atoms with Crippen LogP contribution in [0.15, 0.2) is 10.6 Å². The normalized spacial score (nSPS) is 29.3. The van der Waals surface area contributed by atoms with Crippen molar-refractivity contribution in [2.45, 2.75) is 25.4 Å². The van der Waals surface area contributed by atoms with Gasteiger partial charge in [0.05, 0.1) is 11.8 Å². The first-order chi connectivity index (χ1) is 10.3. The molecule has 0 aromatic rings. The summed E-state index contributed by atoms with van der Waals surface area (Å²) in [5.74, 6) is -2.46. The summed E-state index contributed by atoms with van der Waals surface area (Å²) in [5, 5.41) is 9.42. The molecular formula is C13H15N3O5S. The van der Waals surface area contributed by atoms with Crippen molar-refractivity contribution in [2.24, 2.45) is 11.7 Å². The summed E-state index contributed by atoms with van der Waals surface area (Å²) in [6.45, 7) is 1.81. The van der Waals surface area contributed by atoms with E-state index in [9.17, 15) is 24.3 Å². The topological polar surface area (TPSA) is 121 Å². The molecule has 1 unspecified atom stereocenters. The van der Waals surface area contributed by atoms with Crippen LogP contribution in [0.4, 0.5) is 0 Å². The number of aliphatic carboxylic acids is 1. The molecule has 0 bridgehead atoms. The molecule has 3 heterocycles. The first-order valence-corrected chi connectivity index (χ1v) is 7.82. The summed E-state index contributed by atoms with van der Waals surface area (Å²) in [4.78, 5) is 49.7. The lowest BCUT2D eigenvalue weighted by molar-refractivity contribution is -0.168. The standard InChI is InChI=1S/C13H15N3O5S/c1-5(17)15-3-2-6-8-9(15)12(19)16(8)10(13(20)21)11(6)22-4-7(14)18/h6,8-9H,2-4H2,1H3,(H2,14,18)(H,20,21)/t6?,8-,9+/m1/s1. The van der Waals surface area contributed by atoms with Crippen LogP contribution in [-0.4, -0.2) is 63.0 Å². The summed E-state index contributed by atoms with van der Waals surface area (Å²) in [5.41, 5.74) is 5.07. The number of nitrogens with two attached hydrogens (primary N) is 1. The number of hydrogen-bond acceptors (Lipinski definition) is 5. The first kappa shape index (κ1) is 14.9. The Morgan fingerprint density at radius 2 is 2.09 bits per heavy atom. The first-order valence-electron chi connectivity index (χ1n) is 6.83. The maximum Gasteiger partial charge on any atom is 0.353 e. The largest absolute Gasteiger partial charge is 0.477 e. The van der Waals surface area contributed by atoms with Gasteiger partial charge >= 0.3 is 5.97 Å². The Balaban J connectivity index is 1.95. The number of thioether (sulfide) groups is 1. The predicted octanol–water partition coefficient (Wildman–Crippen LogP) is -1.04. The third-order valence-electron chi connectivity index (χ3n) is 4.33. The van der Waals surface area contributed by atoms with E-state index < -0.39 is 17.9 Å². The van der Waals surface area contributed by atoms with Crippen LogP contribution in [0.1, 0.15) is 13.3 Å². The number of hydrogen-bond donors (Lipinski definition) is 2. The van der Waals surface area contributed by atoms with Crippen molar-refractivity contribution in [3.63, 3.8) is 0 Å². The van der Waals surface area contributed by atoms with E-state index in [0.717, 1.165) is 11.8 Å². The Kier molecular flexibility index (Phi) is 3.39. The molecule has 2 saturated heterocycles. The van der Waals surface area contributed by atoms with Crippen molar-refractivity contribution in [1.29, 1.82) is 0 Å². The molecular weight excluding hydrogens is 310 g/mol. The minimum absolute atomic E-state index is 0.0293. The summed E-state index contributed by atoms with van der Waals surface area (Å²) in [6, 6.07) is -0.913. The van der Waals surface area contributed by atoms with Crippen LogP contribution < -0.4 is 5.73 Å². The second kappa shape index (κ2) is 5.01. The monoisotopic (exact) mass is 325 g/mol. The van der Waals surface area contributed by atoms with Gasteiger partial charge in [0.25, 0.3) is 5.91 Å². The molecule has 3 rings (SSSR count). The number of piperidine rings is 1. The third-order valence-corrected chi connectivity index (χ3v) is 5.57. The molecule has 3 atom stereocenters. The van der Waals surface area contributed by atoms with Crippen molar-refractivity contribution in [2.75, 3.05) is 12.3 Å². The summed E-state index contributed by atoms with van der Waals surface area (Å²) in [7, 11) is 0. The van der Waals surface area contributed by atoms with E-state index in [0.29, 0.717) is 17.9 Å². The van der Waals surface area contributed by atoms with Gasteiger partial charge in [0.1, 0.15) is 11.7 Å². The van der Waals surface area contributed by atoms with Crippen molar-refractivity contribution in [3.05, 3.63) is 10.6 Å². The van der Waals surface area contributed by atoms with Gasteiger partial charge in [-0.2, -0.15) is 0 Å². The zero-order chi connectivity index (χ0) is 16.2. The average molecular weight is 325 g/mol. The zero-order valence-electron chi connectivity index (χ0n) is 11.8. The van der Waals surface area contributed by atoms with Crippen LogP contribution in [0.25, 0.3) is 0 Å². The van der Waals surface area contributed by atoms with E-state index in [1.54, 1.807) is 0 Å². The Morgan fingerprint density at radius 1 is 1.41 bits per heavy atom. The van der Waals surface area contributed by atoms with Crippen LogP contribution in [0.2, 0.25) is 0 Å². The van der Waals surface area contributed by atoms with Gasteiger partial charge in [0.2, 0.25) is 11.8 Å². The number of β-lactam (4-membered cyclic amide) rings is 1. The quantitative estimate of drug-likeness (QED) is 0.637. The Bertz CT molecular complexity index is 631. The van der Waals surface area contributed by atoms with Gasteiger partial charge < -0.3 is 15.7 Å². The number of nitrogens with zero attached hydrogens (tertiary/aromatic N) is 2. The highest BCUT2D eigenvalue weighted by molar-refractivity contribution is 8.03. The van der Waals surface area contributed by atoms with E-state index in [1.807, 2.05) is 0 Å². The third kappa shape index (κ3) is 1.92. The lowest BCUT2D eigenvalue weighted by atomic mass is 9.80. The van der Waals surface area contributed by atoms with Crippen LogP contribution >= 0.6 is 11.8 Å². The van der Waals surface area contributed by atoms with Gasteiger partial charge in [0.15, 0.2) is 0 Å². The predicted molar refractivity (Wildman–Crippen MR) is 76.2 cm³/mol. The molecule has 0 aromatic heterocycles. The Labute approximate surface area is 130 Å². The average Bonchev–Trinajstić information content (AvgIpc) is 2.76. The Hall–Kier alpha value is -2.03. The molecule has 8 nitrogen and oxygen atoms in total. The van der Waals surface area contributed by atoms with E-state index in [-0.39, 0.29) is 35.2 Å². The number of carbonyl (C=O) groups excluding carboxylic acids is 3. The van der Waals surface area contributed by atoms with Gasteiger partial charge in [-0.1, -0.05) is 0 Å². The maximum atomic E-state index is 12.3. The molecule has 118 valence electrons. The van der Waals surface area contributed by atoms with E-state index >= 15 is 0 Å². The van der Waals surface area contributed by atoms with Gasteiger partial charge in [0, 0.05) is 24.3 Å². The zero-order valence-corrected chi connectivity index (χ0v) is 12.6. The summed E-state index contributed by atoms with van der Waals surface area (Å²) < 4.78 is 0. The Morgan fingerprint density at radius 3 is 2.64 bits per heavy atom. The van der Waals surface area contributed by atoms with Crippen LogP contribution in [-0.2, 0) is 19.2 Å². The second-order valence-electron chi connectivity index (χ2n) is 5.52. The van der Waals surface area contributed by atoms with Crippen LogP contribution in [0.5, 0.6) is 0 Å². The number of likely N-dealkylation sites (tertiary alicyclic amines) is 1. The molecule has 0 saturated carbocycles. The van der Waals surface area contributed by atoms with Gasteiger partial charge in [-0.25, -0.2) is 4.79 Å². The van der Waals surface area contributed by atoms with Gasteiger partial charge in [-0.15, -0.1) is 11.8 Å². The van der Waals surface area contributed by atoms with Gasteiger partial charge in [-0.3, -0.25) is 19.3 Å². The summed E-state index contributed by atoms with van der Waals surface area (Å²) in [6.07, 6.45) is 0.572. The number of amides is 3. The van der Waals surface area contributed by atoms with Crippen molar-refractivity contribution in [3.8, 4) is 0 Å². The van der Waals surface area contributed by atoms with Crippen molar-refractivity contribution < 1.29 is 24.3 Å². The smallest absolute Gasteiger partial charge is 0.353 e. The fraction of sp³-hybridized carbons (Fsp3) is 0.538. The van der Waals surface area contributed by atoms with Crippen LogP contribution in [0, 0.1) is 5.92 Å². The molecule has 0 aliphatic carbocycles. The highest BCUT2D eigenvalue weighted by Crippen LogP contribution is 2.52. The fourth-order valence-corrected chi connectivity index (χ4v) is 4.62. The van der Waals surface area contributed by atoms with Crippen molar-refractivity contribution >= 4 is 35.5 Å².